The molecule has 1 saturated heterocycles. The van der Waals surface area contributed by atoms with Crippen molar-refractivity contribution in [2.75, 3.05) is 11.9 Å². The number of aromatic nitrogens is 1. The summed E-state index contributed by atoms with van der Waals surface area (Å²) in [5, 5.41) is 4.04. The largest absolute Gasteiger partial charge is 0.361 e. The van der Waals surface area contributed by atoms with Gasteiger partial charge in [0.15, 0.2) is 0 Å². The second-order valence-electron chi connectivity index (χ2n) is 6.11. The highest BCUT2D eigenvalue weighted by molar-refractivity contribution is 5.93. The van der Waals surface area contributed by atoms with E-state index in [4.69, 9.17) is 0 Å². The molecule has 2 aromatic carbocycles. The number of nitrogens with zero attached hydrogens (tertiary/aromatic N) is 1. The predicted octanol–water partition coefficient (Wildman–Crippen LogP) is 4.68. The number of rotatable bonds is 2. The third-order valence-electron chi connectivity index (χ3n) is 4.57. The molecule has 0 radical (unpaired) electrons. The van der Waals surface area contributed by atoms with Crippen molar-refractivity contribution in [1.82, 2.24) is 9.88 Å². The Bertz CT molecular complexity index is 872. The molecule has 1 atom stereocenters. The molecule has 0 unspecified atom stereocenters. The highest BCUT2D eigenvalue weighted by Crippen LogP contribution is 2.32. The molecule has 1 fully saturated rings. The van der Waals surface area contributed by atoms with E-state index in [1.165, 1.54) is 12.1 Å². The monoisotopic (exact) mass is 323 g/mol. The molecule has 2 N–H and O–H groups in total. The fourth-order valence-electron chi connectivity index (χ4n) is 3.37. The van der Waals surface area contributed by atoms with Crippen LogP contribution in [0.3, 0.4) is 0 Å². The third kappa shape index (κ3) is 2.73. The van der Waals surface area contributed by atoms with Gasteiger partial charge in [-0.25, -0.2) is 9.18 Å². The highest BCUT2D eigenvalue weighted by Gasteiger charge is 2.30. The summed E-state index contributed by atoms with van der Waals surface area (Å²) in [6.07, 6.45) is 3.73. The average Bonchev–Trinajstić information content (AvgIpc) is 3.24. The average molecular weight is 323 g/mol. The van der Waals surface area contributed by atoms with Gasteiger partial charge in [-0.05, 0) is 54.8 Å². The fourth-order valence-corrected chi connectivity index (χ4v) is 3.37. The minimum absolute atomic E-state index is 0.00147. The Morgan fingerprint density at radius 2 is 2.00 bits per heavy atom. The van der Waals surface area contributed by atoms with E-state index in [9.17, 15) is 9.18 Å². The maximum atomic E-state index is 13.1. The van der Waals surface area contributed by atoms with Gasteiger partial charge in [0.05, 0.1) is 6.04 Å². The standard InChI is InChI=1S/C19H18FN3O/c20-15-5-3-13(4-6-15)18-2-1-11-23(18)19(24)22-16-7-8-17-14(12-16)9-10-21-17/h3-10,12,18,21H,1-2,11H2,(H,22,24)/t18-/m0/s1. The first-order valence-electron chi connectivity index (χ1n) is 8.11. The first-order chi connectivity index (χ1) is 11.7. The Labute approximate surface area is 139 Å². The number of hydrogen-bond donors (Lipinski definition) is 2. The first-order valence-corrected chi connectivity index (χ1v) is 8.11. The van der Waals surface area contributed by atoms with E-state index in [0.717, 1.165) is 35.0 Å². The van der Waals surface area contributed by atoms with Crippen molar-refractivity contribution in [3.63, 3.8) is 0 Å². The van der Waals surface area contributed by atoms with Gasteiger partial charge in [-0.2, -0.15) is 0 Å². The molecule has 2 heterocycles. The summed E-state index contributed by atoms with van der Waals surface area (Å²) in [5.74, 6) is -0.257. The van der Waals surface area contributed by atoms with E-state index in [1.54, 1.807) is 12.1 Å². The van der Waals surface area contributed by atoms with Gasteiger partial charge in [0, 0.05) is 29.3 Å². The van der Waals surface area contributed by atoms with Crippen LogP contribution in [-0.2, 0) is 0 Å². The second-order valence-corrected chi connectivity index (χ2v) is 6.11. The Balaban J connectivity index is 1.53. The quantitative estimate of drug-likeness (QED) is 0.707. The Hall–Kier alpha value is -2.82. The third-order valence-corrected chi connectivity index (χ3v) is 4.57. The van der Waals surface area contributed by atoms with Crippen molar-refractivity contribution < 1.29 is 9.18 Å². The number of urea groups is 1. The molecule has 24 heavy (non-hydrogen) atoms. The van der Waals surface area contributed by atoms with Crippen molar-refractivity contribution in [3.05, 3.63) is 66.1 Å². The van der Waals surface area contributed by atoms with Crippen molar-refractivity contribution in [1.29, 1.82) is 0 Å². The lowest BCUT2D eigenvalue weighted by atomic mass is 10.0. The van der Waals surface area contributed by atoms with E-state index < -0.39 is 0 Å². The molecule has 0 spiro atoms. The zero-order valence-corrected chi connectivity index (χ0v) is 13.1. The van der Waals surface area contributed by atoms with E-state index in [-0.39, 0.29) is 17.9 Å². The van der Waals surface area contributed by atoms with Crippen LogP contribution in [-0.4, -0.2) is 22.5 Å². The van der Waals surface area contributed by atoms with Crippen molar-refractivity contribution in [3.8, 4) is 0 Å². The number of H-pyrrole nitrogens is 1. The van der Waals surface area contributed by atoms with Crippen LogP contribution in [0.1, 0.15) is 24.4 Å². The van der Waals surface area contributed by atoms with E-state index in [2.05, 4.69) is 10.3 Å². The van der Waals surface area contributed by atoms with Crippen LogP contribution in [0.5, 0.6) is 0 Å². The fraction of sp³-hybridized carbons (Fsp3) is 0.211. The number of nitrogens with one attached hydrogen (secondary N) is 2. The lowest BCUT2D eigenvalue weighted by Crippen LogP contribution is -2.34. The van der Waals surface area contributed by atoms with Crippen LogP contribution in [0.2, 0.25) is 0 Å². The summed E-state index contributed by atoms with van der Waals surface area (Å²) in [7, 11) is 0. The molecule has 1 aromatic heterocycles. The zero-order valence-electron chi connectivity index (χ0n) is 13.1. The smallest absolute Gasteiger partial charge is 0.322 e. The first kappa shape index (κ1) is 14.8. The van der Waals surface area contributed by atoms with E-state index in [1.807, 2.05) is 35.4 Å². The lowest BCUT2D eigenvalue weighted by molar-refractivity contribution is 0.207. The summed E-state index contributed by atoms with van der Waals surface area (Å²) < 4.78 is 13.1. The molecule has 0 bridgehead atoms. The maximum absolute atomic E-state index is 13.1. The molecule has 4 rings (SSSR count). The van der Waals surface area contributed by atoms with Gasteiger partial charge in [0.25, 0.3) is 0 Å². The summed E-state index contributed by atoms with van der Waals surface area (Å²) in [4.78, 5) is 17.6. The molecule has 1 aliphatic heterocycles. The van der Waals surface area contributed by atoms with Gasteiger partial charge >= 0.3 is 6.03 Å². The predicted molar refractivity (Wildman–Crippen MR) is 92.4 cm³/mol. The molecular formula is C19H18FN3O. The molecule has 5 heteroatoms. The number of amides is 2. The number of carbonyl (C=O) groups excluding carboxylic acids is 1. The normalized spacial score (nSPS) is 17.4. The Morgan fingerprint density at radius 3 is 2.83 bits per heavy atom. The number of benzene rings is 2. The highest BCUT2D eigenvalue weighted by atomic mass is 19.1. The number of halogens is 1. The molecule has 2 amide bonds. The lowest BCUT2D eigenvalue weighted by Gasteiger charge is -2.25. The molecule has 3 aromatic rings. The summed E-state index contributed by atoms with van der Waals surface area (Å²) in [6, 6.07) is 14.1. The molecular weight excluding hydrogens is 305 g/mol. The number of anilines is 1. The summed E-state index contributed by atoms with van der Waals surface area (Å²) in [5.41, 5.74) is 2.79. The van der Waals surface area contributed by atoms with Crippen LogP contribution < -0.4 is 5.32 Å². The number of hydrogen-bond acceptors (Lipinski definition) is 1. The maximum Gasteiger partial charge on any atom is 0.322 e. The molecule has 1 aliphatic rings. The van der Waals surface area contributed by atoms with E-state index in [0.29, 0.717) is 6.54 Å². The van der Waals surface area contributed by atoms with Gasteiger partial charge in [-0.1, -0.05) is 12.1 Å². The number of fused-ring (bicyclic) bond motifs is 1. The molecule has 4 nitrogen and oxygen atoms in total. The van der Waals surface area contributed by atoms with Crippen LogP contribution in [0.4, 0.5) is 14.9 Å². The van der Waals surface area contributed by atoms with Crippen molar-refractivity contribution in [2.45, 2.75) is 18.9 Å². The Morgan fingerprint density at radius 1 is 1.17 bits per heavy atom. The SMILES string of the molecule is O=C(Nc1ccc2[nH]ccc2c1)N1CCC[C@H]1c1ccc(F)cc1. The minimum Gasteiger partial charge on any atom is -0.361 e. The van der Waals surface area contributed by atoms with Gasteiger partial charge in [0.1, 0.15) is 5.82 Å². The van der Waals surface area contributed by atoms with Gasteiger partial charge in [0.2, 0.25) is 0 Å². The molecule has 122 valence electrons. The van der Waals surface area contributed by atoms with Gasteiger partial charge < -0.3 is 15.2 Å². The van der Waals surface area contributed by atoms with Gasteiger partial charge in [-0.3, -0.25) is 0 Å². The summed E-state index contributed by atoms with van der Waals surface area (Å²) in [6.45, 7) is 0.709. The number of carbonyl (C=O) groups is 1. The van der Waals surface area contributed by atoms with Crippen LogP contribution in [0.15, 0.2) is 54.7 Å². The van der Waals surface area contributed by atoms with Gasteiger partial charge in [-0.15, -0.1) is 0 Å². The number of likely N-dealkylation sites (tertiary alicyclic amines) is 1. The Kier molecular flexibility index (Phi) is 3.69. The van der Waals surface area contributed by atoms with Crippen molar-refractivity contribution >= 4 is 22.6 Å². The zero-order chi connectivity index (χ0) is 16.5. The van der Waals surface area contributed by atoms with Crippen molar-refractivity contribution in [2.24, 2.45) is 0 Å². The topological polar surface area (TPSA) is 48.1 Å². The minimum atomic E-state index is -0.257. The van der Waals surface area contributed by atoms with Crippen LogP contribution in [0.25, 0.3) is 10.9 Å². The van der Waals surface area contributed by atoms with Crippen LogP contribution in [0, 0.1) is 5.82 Å². The summed E-state index contributed by atoms with van der Waals surface area (Å²) >= 11 is 0. The second kappa shape index (κ2) is 6.00. The number of aromatic amines is 1. The molecule has 0 aliphatic carbocycles. The van der Waals surface area contributed by atoms with Crippen LogP contribution >= 0.6 is 0 Å². The molecule has 0 saturated carbocycles. The van der Waals surface area contributed by atoms with E-state index >= 15 is 0 Å².